The van der Waals surface area contributed by atoms with E-state index in [0.29, 0.717) is 10.8 Å². The lowest BCUT2D eigenvalue weighted by Crippen LogP contribution is -2.47. The topological polar surface area (TPSA) is 67.4 Å². The third-order valence-corrected chi connectivity index (χ3v) is 3.13. The standard InChI is InChI=1S/C16H14ClFN2O3/c1-10(23-12-6-4-5-11(17)9-12)15(21)19-20-16(22)13-7-2-3-8-14(13)18/h2-10H,1H3,(H,19,21)(H,20,22). The Morgan fingerprint density at radius 3 is 2.57 bits per heavy atom. The Labute approximate surface area is 137 Å². The number of rotatable bonds is 4. The highest BCUT2D eigenvalue weighted by Crippen LogP contribution is 2.18. The molecule has 0 aliphatic heterocycles. The van der Waals surface area contributed by atoms with Gasteiger partial charge in [-0.2, -0.15) is 0 Å². The van der Waals surface area contributed by atoms with Gasteiger partial charge in [0.15, 0.2) is 6.10 Å². The molecule has 0 aliphatic rings. The number of ether oxygens (including phenoxy) is 1. The van der Waals surface area contributed by atoms with Crippen molar-refractivity contribution in [2.24, 2.45) is 0 Å². The summed E-state index contributed by atoms with van der Waals surface area (Å²) in [5.74, 6) is -1.61. The lowest BCUT2D eigenvalue weighted by Gasteiger charge is -2.15. The number of nitrogens with one attached hydrogen (secondary N) is 2. The van der Waals surface area contributed by atoms with Crippen LogP contribution in [0.1, 0.15) is 17.3 Å². The summed E-state index contributed by atoms with van der Waals surface area (Å²) in [6.07, 6.45) is -0.880. The minimum absolute atomic E-state index is 0.170. The van der Waals surface area contributed by atoms with E-state index in [4.69, 9.17) is 16.3 Å². The molecular formula is C16H14ClFN2O3. The van der Waals surface area contributed by atoms with Crippen LogP contribution in [-0.2, 0) is 4.79 Å². The SMILES string of the molecule is CC(Oc1cccc(Cl)c1)C(=O)NNC(=O)c1ccccc1F. The summed E-state index contributed by atoms with van der Waals surface area (Å²) in [4.78, 5) is 23.6. The van der Waals surface area contributed by atoms with Crippen molar-refractivity contribution in [2.75, 3.05) is 0 Å². The highest BCUT2D eigenvalue weighted by molar-refractivity contribution is 6.30. The van der Waals surface area contributed by atoms with Crippen molar-refractivity contribution >= 4 is 23.4 Å². The van der Waals surface area contributed by atoms with Gasteiger partial charge < -0.3 is 4.74 Å². The maximum Gasteiger partial charge on any atom is 0.279 e. The molecule has 0 fully saturated rings. The third kappa shape index (κ3) is 4.69. The third-order valence-electron chi connectivity index (χ3n) is 2.90. The van der Waals surface area contributed by atoms with E-state index < -0.39 is 23.7 Å². The minimum atomic E-state index is -0.880. The van der Waals surface area contributed by atoms with Crippen LogP contribution in [0.5, 0.6) is 5.75 Å². The minimum Gasteiger partial charge on any atom is -0.481 e. The molecule has 7 heteroatoms. The van der Waals surface area contributed by atoms with Crippen molar-refractivity contribution < 1.29 is 18.7 Å². The fraction of sp³-hybridized carbons (Fsp3) is 0.125. The number of benzene rings is 2. The van der Waals surface area contributed by atoms with Crippen molar-refractivity contribution in [1.82, 2.24) is 10.9 Å². The fourth-order valence-electron chi connectivity index (χ4n) is 1.73. The number of hydrogen-bond donors (Lipinski definition) is 2. The fourth-order valence-corrected chi connectivity index (χ4v) is 1.91. The Balaban J connectivity index is 1.89. The zero-order valence-corrected chi connectivity index (χ0v) is 12.9. The van der Waals surface area contributed by atoms with Gasteiger partial charge in [-0.25, -0.2) is 4.39 Å². The highest BCUT2D eigenvalue weighted by Gasteiger charge is 2.17. The number of carbonyl (C=O) groups is 2. The van der Waals surface area contributed by atoms with Crippen LogP contribution in [0.15, 0.2) is 48.5 Å². The van der Waals surface area contributed by atoms with Crippen LogP contribution >= 0.6 is 11.6 Å². The average molecular weight is 337 g/mol. The van der Waals surface area contributed by atoms with Crippen molar-refractivity contribution in [3.63, 3.8) is 0 Å². The predicted molar refractivity (Wildman–Crippen MR) is 83.6 cm³/mol. The summed E-state index contributed by atoms with van der Waals surface area (Å²) in [7, 11) is 0. The first-order valence-electron chi connectivity index (χ1n) is 6.74. The average Bonchev–Trinajstić information content (AvgIpc) is 2.52. The van der Waals surface area contributed by atoms with E-state index in [-0.39, 0.29) is 5.56 Å². The van der Waals surface area contributed by atoms with E-state index in [9.17, 15) is 14.0 Å². The van der Waals surface area contributed by atoms with Crippen LogP contribution in [0.4, 0.5) is 4.39 Å². The van der Waals surface area contributed by atoms with Crippen LogP contribution in [-0.4, -0.2) is 17.9 Å². The molecular weight excluding hydrogens is 323 g/mol. The first-order valence-corrected chi connectivity index (χ1v) is 7.12. The Morgan fingerprint density at radius 2 is 1.87 bits per heavy atom. The molecule has 2 aromatic carbocycles. The van der Waals surface area contributed by atoms with E-state index in [2.05, 4.69) is 10.9 Å². The first-order chi connectivity index (χ1) is 11.0. The van der Waals surface area contributed by atoms with Gasteiger partial charge in [-0.3, -0.25) is 20.4 Å². The normalized spacial score (nSPS) is 11.4. The summed E-state index contributed by atoms with van der Waals surface area (Å²) >= 11 is 5.82. The molecule has 0 bridgehead atoms. The highest BCUT2D eigenvalue weighted by atomic mass is 35.5. The summed E-state index contributed by atoms with van der Waals surface area (Å²) in [5, 5.41) is 0.475. The van der Waals surface area contributed by atoms with E-state index in [1.807, 2.05) is 0 Å². The van der Waals surface area contributed by atoms with Crippen molar-refractivity contribution in [3.8, 4) is 5.75 Å². The lowest BCUT2D eigenvalue weighted by atomic mass is 10.2. The Bertz CT molecular complexity index is 724. The maximum atomic E-state index is 13.4. The van der Waals surface area contributed by atoms with Gasteiger partial charge in [0.2, 0.25) is 0 Å². The van der Waals surface area contributed by atoms with E-state index in [0.717, 1.165) is 6.07 Å². The molecule has 1 atom stereocenters. The van der Waals surface area contributed by atoms with Crippen LogP contribution in [0.2, 0.25) is 5.02 Å². The molecule has 0 aliphatic carbocycles. The Hall–Kier alpha value is -2.60. The molecule has 2 N–H and O–H groups in total. The molecule has 2 aromatic rings. The predicted octanol–water partition coefficient (Wildman–Crippen LogP) is 2.71. The second-order valence-electron chi connectivity index (χ2n) is 4.64. The Kier molecular flexibility index (Phi) is 5.54. The first kappa shape index (κ1) is 16.8. The zero-order valence-electron chi connectivity index (χ0n) is 12.2. The van der Waals surface area contributed by atoms with Gasteiger partial charge in [0.05, 0.1) is 5.56 Å². The smallest absolute Gasteiger partial charge is 0.279 e. The van der Waals surface area contributed by atoms with Crippen LogP contribution in [0, 0.1) is 5.82 Å². The van der Waals surface area contributed by atoms with Gasteiger partial charge in [-0.05, 0) is 37.3 Å². The molecule has 0 spiro atoms. The van der Waals surface area contributed by atoms with Gasteiger partial charge in [0.25, 0.3) is 11.8 Å². The molecule has 2 rings (SSSR count). The number of amides is 2. The monoisotopic (exact) mass is 336 g/mol. The number of halogens is 2. The summed E-state index contributed by atoms with van der Waals surface area (Å²) < 4.78 is 18.8. The largest absolute Gasteiger partial charge is 0.481 e. The molecule has 0 saturated carbocycles. The number of hydrogen-bond acceptors (Lipinski definition) is 3. The van der Waals surface area contributed by atoms with E-state index in [1.54, 1.807) is 24.3 Å². The molecule has 0 aromatic heterocycles. The second-order valence-corrected chi connectivity index (χ2v) is 5.08. The maximum absolute atomic E-state index is 13.4. The van der Waals surface area contributed by atoms with Gasteiger partial charge in [0.1, 0.15) is 11.6 Å². The molecule has 0 heterocycles. The lowest BCUT2D eigenvalue weighted by molar-refractivity contribution is -0.128. The zero-order chi connectivity index (χ0) is 16.8. The molecule has 120 valence electrons. The second kappa shape index (κ2) is 7.60. The van der Waals surface area contributed by atoms with Crippen molar-refractivity contribution in [2.45, 2.75) is 13.0 Å². The van der Waals surface area contributed by atoms with Crippen LogP contribution in [0.3, 0.4) is 0 Å². The summed E-state index contributed by atoms with van der Waals surface area (Å²) in [6.45, 7) is 1.51. The van der Waals surface area contributed by atoms with Gasteiger partial charge in [-0.1, -0.05) is 29.8 Å². The number of hydrazine groups is 1. The van der Waals surface area contributed by atoms with E-state index in [1.165, 1.54) is 25.1 Å². The molecule has 0 radical (unpaired) electrons. The van der Waals surface area contributed by atoms with Crippen molar-refractivity contribution in [3.05, 3.63) is 64.9 Å². The molecule has 0 saturated heterocycles. The van der Waals surface area contributed by atoms with E-state index >= 15 is 0 Å². The van der Waals surface area contributed by atoms with Crippen LogP contribution in [0.25, 0.3) is 0 Å². The van der Waals surface area contributed by atoms with Gasteiger partial charge in [0, 0.05) is 5.02 Å². The number of carbonyl (C=O) groups excluding carboxylic acids is 2. The molecule has 2 amide bonds. The molecule has 23 heavy (non-hydrogen) atoms. The summed E-state index contributed by atoms with van der Waals surface area (Å²) in [5.41, 5.74) is 4.14. The molecule has 5 nitrogen and oxygen atoms in total. The van der Waals surface area contributed by atoms with Gasteiger partial charge in [-0.15, -0.1) is 0 Å². The Morgan fingerprint density at radius 1 is 1.13 bits per heavy atom. The quantitative estimate of drug-likeness (QED) is 0.844. The van der Waals surface area contributed by atoms with Crippen LogP contribution < -0.4 is 15.6 Å². The van der Waals surface area contributed by atoms with Gasteiger partial charge >= 0.3 is 0 Å². The van der Waals surface area contributed by atoms with Crippen molar-refractivity contribution in [1.29, 1.82) is 0 Å². The summed E-state index contributed by atoms with van der Waals surface area (Å²) in [6, 6.07) is 12.0. The molecule has 1 unspecified atom stereocenters.